The van der Waals surface area contributed by atoms with Crippen LogP contribution in [0, 0.1) is 0 Å². The lowest BCUT2D eigenvalue weighted by Crippen LogP contribution is -2.45. The van der Waals surface area contributed by atoms with Gasteiger partial charge in [0.2, 0.25) is 5.95 Å². The minimum absolute atomic E-state index is 0.0229. The van der Waals surface area contributed by atoms with Crippen LogP contribution >= 0.6 is 0 Å². The molecule has 0 amide bonds. The maximum Gasteiger partial charge on any atom is 0.227 e. The third kappa shape index (κ3) is 7.46. The summed E-state index contributed by atoms with van der Waals surface area (Å²) in [6, 6.07) is 11.2. The number of benzene rings is 2. The fraction of sp³-hybridized carbons (Fsp3) is 0.467. The van der Waals surface area contributed by atoms with E-state index >= 15 is 0 Å². The molecule has 1 aliphatic rings. The van der Waals surface area contributed by atoms with Crippen molar-refractivity contribution in [3.8, 4) is 5.75 Å². The zero-order chi connectivity index (χ0) is 28.4. The standard InChI is InChI=1S/C30H41N3O4SSi/c1-8-22-12-13-23-19-31-29(32-24-11-9-10-21(18-24)20-38(5,34)35)33-27(23)28(22)36-25-14-16-26(17-15-25)37-39(6,7)30(2,3)4/h8-13,18-19,25-26H,1,14-17,20H2,2-7H3,(H,31,32,33)/t25-,26+. The van der Waals surface area contributed by atoms with E-state index in [-0.39, 0.29) is 23.0 Å². The number of hydrogen-bond acceptors (Lipinski definition) is 7. The predicted octanol–water partition coefficient (Wildman–Crippen LogP) is 7.27. The van der Waals surface area contributed by atoms with Gasteiger partial charge in [-0.3, -0.25) is 0 Å². The topological polar surface area (TPSA) is 90.4 Å². The van der Waals surface area contributed by atoms with Crippen LogP contribution in [0.25, 0.3) is 17.0 Å². The van der Waals surface area contributed by atoms with Crippen LogP contribution in [0.4, 0.5) is 11.6 Å². The number of nitrogens with zero attached hydrogens (tertiary/aromatic N) is 2. The van der Waals surface area contributed by atoms with Gasteiger partial charge in [0.25, 0.3) is 0 Å². The van der Waals surface area contributed by atoms with Crippen molar-refractivity contribution in [1.29, 1.82) is 0 Å². The fourth-order valence-electron chi connectivity index (χ4n) is 4.63. The Morgan fingerprint density at radius 2 is 1.79 bits per heavy atom. The molecule has 210 valence electrons. The second-order valence-corrected chi connectivity index (χ2v) is 19.0. The van der Waals surface area contributed by atoms with Crippen molar-refractivity contribution >= 4 is 46.8 Å². The maximum absolute atomic E-state index is 11.7. The van der Waals surface area contributed by atoms with Gasteiger partial charge in [-0.15, -0.1) is 0 Å². The highest BCUT2D eigenvalue weighted by molar-refractivity contribution is 7.89. The summed E-state index contributed by atoms with van der Waals surface area (Å²) in [5, 5.41) is 4.29. The van der Waals surface area contributed by atoms with Gasteiger partial charge in [-0.2, -0.15) is 0 Å². The molecular formula is C30H41N3O4SSi. The number of aromatic nitrogens is 2. The molecule has 1 heterocycles. The number of fused-ring (bicyclic) bond motifs is 1. The Labute approximate surface area is 234 Å². The second-order valence-electron chi connectivity index (χ2n) is 12.1. The van der Waals surface area contributed by atoms with Crippen LogP contribution in [0.1, 0.15) is 57.6 Å². The van der Waals surface area contributed by atoms with E-state index in [0.29, 0.717) is 17.3 Å². The summed E-state index contributed by atoms with van der Waals surface area (Å²) in [5.74, 6) is 1.11. The molecule has 0 bridgehead atoms. The maximum atomic E-state index is 11.7. The zero-order valence-corrected chi connectivity index (χ0v) is 25.8. The van der Waals surface area contributed by atoms with Crippen LogP contribution in [0.2, 0.25) is 18.1 Å². The summed E-state index contributed by atoms with van der Waals surface area (Å²) >= 11 is 0. The number of sulfone groups is 1. The molecule has 1 fully saturated rings. The lowest BCUT2D eigenvalue weighted by atomic mass is 9.95. The zero-order valence-electron chi connectivity index (χ0n) is 24.0. The van der Waals surface area contributed by atoms with E-state index in [2.05, 4.69) is 50.7 Å². The Balaban J connectivity index is 1.52. The van der Waals surface area contributed by atoms with Crippen molar-refractivity contribution in [1.82, 2.24) is 9.97 Å². The van der Waals surface area contributed by atoms with Gasteiger partial charge in [0, 0.05) is 35.2 Å². The summed E-state index contributed by atoms with van der Waals surface area (Å²) in [5.41, 5.74) is 3.03. The molecule has 1 aliphatic carbocycles. The molecule has 2 aromatic carbocycles. The molecule has 0 aliphatic heterocycles. The molecule has 1 aromatic heterocycles. The largest absolute Gasteiger partial charge is 0.488 e. The SMILES string of the molecule is C=Cc1ccc2cnc(Nc3cccc(CS(C)(=O)=O)c3)nc2c1O[C@H]1CC[C@@H](O[Si](C)(C)C(C)(C)C)CC1. The molecule has 0 spiro atoms. The van der Waals surface area contributed by atoms with Gasteiger partial charge in [0.05, 0.1) is 11.9 Å². The van der Waals surface area contributed by atoms with Crippen molar-refractivity contribution in [2.45, 2.75) is 82.5 Å². The van der Waals surface area contributed by atoms with E-state index < -0.39 is 18.2 Å². The van der Waals surface area contributed by atoms with Gasteiger partial charge in [-0.1, -0.05) is 57.7 Å². The van der Waals surface area contributed by atoms with E-state index in [1.807, 2.05) is 24.3 Å². The third-order valence-corrected chi connectivity index (χ3v) is 13.1. The molecule has 3 aromatic rings. The molecule has 39 heavy (non-hydrogen) atoms. The van der Waals surface area contributed by atoms with Crippen molar-refractivity contribution in [2.24, 2.45) is 0 Å². The van der Waals surface area contributed by atoms with E-state index in [0.717, 1.165) is 47.8 Å². The van der Waals surface area contributed by atoms with E-state index in [9.17, 15) is 8.42 Å². The van der Waals surface area contributed by atoms with Crippen LogP contribution in [0.15, 0.2) is 49.2 Å². The van der Waals surface area contributed by atoms with Gasteiger partial charge in [-0.25, -0.2) is 18.4 Å². The highest BCUT2D eigenvalue weighted by atomic mass is 32.2. The first-order valence-electron chi connectivity index (χ1n) is 13.5. The Bertz CT molecular complexity index is 1440. The van der Waals surface area contributed by atoms with E-state index in [1.165, 1.54) is 6.26 Å². The van der Waals surface area contributed by atoms with Crippen molar-refractivity contribution in [2.75, 3.05) is 11.6 Å². The molecule has 4 rings (SSSR count). The predicted molar refractivity (Wildman–Crippen MR) is 163 cm³/mol. The van der Waals surface area contributed by atoms with Crippen LogP contribution in [0.3, 0.4) is 0 Å². The smallest absolute Gasteiger partial charge is 0.227 e. The second kappa shape index (κ2) is 11.4. The number of rotatable bonds is 9. The van der Waals surface area contributed by atoms with Gasteiger partial charge in [0.15, 0.2) is 23.9 Å². The highest BCUT2D eigenvalue weighted by Crippen LogP contribution is 2.40. The Kier molecular flexibility index (Phi) is 8.54. The van der Waals surface area contributed by atoms with Crippen LogP contribution in [-0.4, -0.2) is 45.2 Å². The van der Waals surface area contributed by atoms with E-state index in [1.54, 1.807) is 24.4 Å². The summed E-state index contributed by atoms with van der Waals surface area (Å²) in [7, 11) is -4.93. The molecule has 0 radical (unpaired) electrons. The summed E-state index contributed by atoms with van der Waals surface area (Å²) in [6.07, 6.45) is 8.98. The first-order chi connectivity index (χ1) is 18.2. The minimum Gasteiger partial charge on any atom is -0.488 e. The van der Waals surface area contributed by atoms with E-state index in [4.69, 9.17) is 14.1 Å². The van der Waals surface area contributed by atoms with Crippen molar-refractivity contribution in [3.63, 3.8) is 0 Å². The lowest BCUT2D eigenvalue weighted by molar-refractivity contribution is 0.0731. The first-order valence-corrected chi connectivity index (χ1v) is 18.5. The molecule has 0 saturated heterocycles. The molecule has 1 saturated carbocycles. The Morgan fingerprint density at radius 3 is 2.44 bits per heavy atom. The third-order valence-electron chi connectivity index (χ3n) is 7.74. The van der Waals surface area contributed by atoms with Gasteiger partial charge in [-0.05, 0) is 61.5 Å². The molecule has 9 heteroatoms. The Hall–Kier alpha value is -2.75. The summed E-state index contributed by atoms with van der Waals surface area (Å²) in [4.78, 5) is 9.29. The van der Waals surface area contributed by atoms with Gasteiger partial charge >= 0.3 is 0 Å². The van der Waals surface area contributed by atoms with Crippen molar-refractivity contribution in [3.05, 3.63) is 60.3 Å². The number of anilines is 2. The first kappa shape index (κ1) is 29.2. The van der Waals surface area contributed by atoms with Crippen LogP contribution in [-0.2, 0) is 20.0 Å². The average molecular weight is 568 g/mol. The summed E-state index contributed by atoms with van der Waals surface area (Å²) < 4.78 is 36.7. The van der Waals surface area contributed by atoms with Gasteiger partial charge in [0.1, 0.15) is 5.52 Å². The normalized spacial score (nSPS) is 18.6. The monoisotopic (exact) mass is 567 g/mol. The number of nitrogens with one attached hydrogen (secondary N) is 1. The summed E-state index contributed by atoms with van der Waals surface area (Å²) in [6.45, 7) is 15.5. The number of hydrogen-bond donors (Lipinski definition) is 1. The molecule has 0 unspecified atom stereocenters. The molecule has 7 nitrogen and oxygen atoms in total. The Morgan fingerprint density at radius 1 is 1.10 bits per heavy atom. The van der Waals surface area contributed by atoms with Crippen LogP contribution in [0.5, 0.6) is 5.75 Å². The van der Waals surface area contributed by atoms with Gasteiger partial charge < -0.3 is 14.5 Å². The minimum atomic E-state index is -3.13. The van der Waals surface area contributed by atoms with Crippen molar-refractivity contribution < 1.29 is 17.6 Å². The molecule has 1 N–H and O–H groups in total. The lowest BCUT2D eigenvalue weighted by Gasteiger charge is -2.41. The fourth-order valence-corrected chi connectivity index (χ4v) is 6.84. The number of ether oxygens (including phenoxy) is 1. The molecule has 0 atom stereocenters. The van der Waals surface area contributed by atoms with Crippen LogP contribution < -0.4 is 10.1 Å². The quantitative estimate of drug-likeness (QED) is 0.272. The highest BCUT2D eigenvalue weighted by Gasteiger charge is 2.40. The average Bonchev–Trinajstić information content (AvgIpc) is 2.84. The molecular weight excluding hydrogens is 527 g/mol.